The second kappa shape index (κ2) is 3.96. The molecule has 2 rings (SSSR count). The van der Waals surface area contributed by atoms with Crippen LogP contribution < -0.4 is 0 Å². The molecule has 0 amide bonds. The zero-order valence-corrected chi connectivity index (χ0v) is 9.90. The first-order valence-electron chi connectivity index (χ1n) is 5.64. The molecule has 2 nitrogen and oxygen atoms in total. The smallest absolute Gasteiger partial charge is 0.158 e. The molecule has 1 aliphatic rings. The van der Waals surface area contributed by atoms with Crippen molar-refractivity contribution >= 4 is 5.78 Å². The van der Waals surface area contributed by atoms with Crippen LogP contribution in [0, 0.1) is 28.5 Å². The van der Waals surface area contributed by atoms with Crippen molar-refractivity contribution in [2.75, 3.05) is 0 Å². The van der Waals surface area contributed by atoms with E-state index in [0.29, 0.717) is 5.56 Å². The van der Waals surface area contributed by atoms with Gasteiger partial charge in [0.05, 0.1) is 6.07 Å². The van der Waals surface area contributed by atoms with E-state index in [0.717, 1.165) is 6.42 Å². The van der Waals surface area contributed by atoms with Crippen LogP contribution >= 0.6 is 0 Å². The average Bonchev–Trinajstić information content (AvgIpc) is 2.89. The largest absolute Gasteiger partial charge is 0.298 e. The first-order chi connectivity index (χ1) is 7.95. The van der Waals surface area contributed by atoms with Crippen molar-refractivity contribution < 1.29 is 9.18 Å². The normalized spacial score (nSPS) is 22.6. The van der Waals surface area contributed by atoms with Gasteiger partial charge in [-0.05, 0) is 29.5 Å². The minimum Gasteiger partial charge on any atom is -0.298 e. The number of benzene rings is 1. The average molecular weight is 231 g/mol. The molecule has 1 fully saturated rings. The highest BCUT2D eigenvalue weighted by molar-refractivity contribution is 5.93. The number of nitrogens with zero attached hydrogens (tertiary/aromatic N) is 1. The molecule has 1 aromatic rings. The summed E-state index contributed by atoms with van der Waals surface area (Å²) in [4.78, 5) is 12.1. The molecule has 2 unspecified atom stereocenters. The third-order valence-electron chi connectivity index (χ3n) is 3.45. The third-order valence-corrected chi connectivity index (χ3v) is 3.45. The summed E-state index contributed by atoms with van der Waals surface area (Å²) in [7, 11) is 0. The van der Waals surface area contributed by atoms with Crippen molar-refractivity contribution in [3.8, 4) is 6.07 Å². The van der Waals surface area contributed by atoms with E-state index in [9.17, 15) is 9.18 Å². The van der Waals surface area contributed by atoms with E-state index in [1.165, 1.54) is 18.2 Å². The zero-order chi connectivity index (χ0) is 12.6. The summed E-state index contributed by atoms with van der Waals surface area (Å²) in [6.45, 7) is 4.02. The molecule has 2 atom stereocenters. The van der Waals surface area contributed by atoms with Crippen LogP contribution in [-0.4, -0.2) is 5.78 Å². The van der Waals surface area contributed by atoms with Gasteiger partial charge >= 0.3 is 0 Å². The first kappa shape index (κ1) is 11.8. The molecule has 1 aliphatic carbocycles. The van der Waals surface area contributed by atoms with E-state index in [2.05, 4.69) is 0 Å². The predicted molar refractivity (Wildman–Crippen MR) is 61.6 cm³/mol. The van der Waals surface area contributed by atoms with E-state index >= 15 is 0 Å². The van der Waals surface area contributed by atoms with Gasteiger partial charge in [0.2, 0.25) is 0 Å². The van der Waals surface area contributed by atoms with Crippen LogP contribution in [0.3, 0.4) is 0 Å². The van der Waals surface area contributed by atoms with E-state index in [1.807, 2.05) is 19.9 Å². The molecule has 1 aromatic carbocycles. The van der Waals surface area contributed by atoms with Crippen molar-refractivity contribution in [3.05, 3.63) is 35.6 Å². The standard InChI is InChI=1S/C14H14FNO/c1-14(2)7-12(14)13(17)11(8-16)9-4-3-5-10(15)6-9/h3-6,11-12H,7H2,1-2H3. The lowest BCUT2D eigenvalue weighted by molar-refractivity contribution is -0.121. The maximum Gasteiger partial charge on any atom is 0.158 e. The maximum atomic E-state index is 13.1. The molecule has 1 saturated carbocycles. The highest BCUT2D eigenvalue weighted by Gasteiger charge is 2.52. The molecule has 0 saturated heterocycles. The van der Waals surface area contributed by atoms with Crippen LogP contribution in [0.25, 0.3) is 0 Å². The van der Waals surface area contributed by atoms with Crippen LogP contribution in [-0.2, 0) is 4.79 Å². The number of Topliss-reactive ketones (excluding diaryl/α,β-unsaturated/α-hetero) is 1. The molecular formula is C14H14FNO. The lowest BCUT2D eigenvalue weighted by atomic mass is 9.91. The molecule has 0 spiro atoms. The van der Waals surface area contributed by atoms with Crippen LogP contribution in [0.5, 0.6) is 0 Å². The summed E-state index contributed by atoms with van der Waals surface area (Å²) in [5.74, 6) is -1.39. The van der Waals surface area contributed by atoms with Gasteiger partial charge in [-0.25, -0.2) is 4.39 Å². The number of hydrogen-bond donors (Lipinski definition) is 0. The lowest BCUT2D eigenvalue weighted by Crippen LogP contribution is -2.15. The summed E-state index contributed by atoms with van der Waals surface area (Å²) in [6.07, 6.45) is 0.819. The Balaban J connectivity index is 2.24. The number of rotatable bonds is 3. The van der Waals surface area contributed by atoms with Crippen molar-refractivity contribution in [1.82, 2.24) is 0 Å². The number of halogens is 1. The first-order valence-corrected chi connectivity index (χ1v) is 5.64. The highest BCUT2D eigenvalue weighted by atomic mass is 19.1. The molecule has 0 aromatic heterocycles. The van der Waals surface area contributed by atoms with Gasteiger partial charge in [0.1, 0.15) is 11.7 Å². The molecule has 88 valence electrons. The second-order valence-corrected chi connectivity index (χ2v) is 5.26. The molecule has 17 heavy (non-hydrogen) atoms. The molecule has 0 N–H and O–H groups in total. The monoisotopic (exact) mass is 231 g/mol. The molecule has 0 bridgehead atoms. The Bertz CT molecular complexity index is 501. The van der Waals surface area contributed by atoms with Gasteiger partial charge in [0, 0.05) is 5.92 Å². The minimum atomic E-state index is -0.836. The fourth-order valence-corrected chi connectivity index (χ4v) is 2.14. The van der Waals surface area contributed by atoms with Crippen molar-refractivity contribution in [2.24, 2.45) is 11.3 Å². The Morgan fingerprint density at radius 3 is 2.71 bits per heavy atom. The van der Waals surface area contributed by atoms with Crippen LogP contribution in [0.2, 0.25) is 0 Å². The van der Waals surface area contributed by atoms with Gasteiger partial charge in [0.25, 0.3) is 0 Å². The molecular weight excluding hydrogens is 217 g/mol. The Kier molecular flexibility index (Phi) is 2.74. The van der Waals surface area contributed by atoms with E-state index < -0.39 is 11.7 Å². The molecule has 0 heterocycles. The molecule has 0 aliphatic heterocycles. The van der Waals surface area contributed by atoms with Gasteiger partial charge in [-0.3, -0.25) is 4.79 Å². The van der Waals surface area contributed by atoms with Crippen LogP contribution in [0.1, 0.15) is 31.7 Å². The number of nitriles is 1. The number of carbonyl (C=O) groups is 1. The van der Waals surface area contributed by atoms with Crippen molar-refractivity contribution in [2.45, 2.75) is 26.2 Å². The quantitative estimate of drug-likeness (QED) is 0.802. The summed E-state index contributed by atoms with van der Waals surface area (Å²) < 4.78 is 13.1. The maximum absolute atomic E-state index is 13.1. The topological polar surface area (TPSA) is 40.9 Å². The Labute approximate surface area is 100 Å². The predicted octanol–water partition coefficient (Wildman–Crippen LogP) is 3.05. The van der Waals surface area contributed by atoms with Gasteiger partial charge in [0.15, 0.2) is 5.78 Å². The van der Waals surface area contributed by atoms with Crippen molar-refractivity contribution in [3.63, 3.8) is 0 Å². The van der Waals surface area contributed by atoms with Gasteiger partial charge in [-0.2, -0.15) is 5.26 Å². The fourth-order valence-electron chi connectivity index (χ4n) is 2.14. The Hall–Kier alpha value is -1.69. The summed E-state index contributed by atoms with van der Waals surface area (Å²) in [6, 6.07) is 7.72. The van der Waals surface area contributed by atoms with Gasteiger partial charge in [-0.15, -0.1) is 0 Å². The zero-order valence-electron chi connectivity index (χ0n) is 9.90. The summed E-state index contributed by atoms with van der Waals surface area (Å²) >= 11 is 0. The lowest BCUT2D eigenvalue weighted by Gasteiger charge is -2.09. The van der Waals surface area contributed by atoms with Crippen molar-refractivity contribution in [1.29, 1.82) is 5.26 Å². The Morgan fingerprint density at radius 1 is 1.59 bits per heavy atom. The summed E-state index contributed by atoms with van der Waals surface area (Å²) in [5.41, 5.74) is 0.458. The van der Waals surface area contributed by atoms with Crippen LogP contribution in [0.15, 0.2) is 24.3 Å². The second-order valence-electron chi connectivity index (χ2n) is 5.26. The third kappa shape index (κ3) is 2.21. The molecule has 3 heteroatoms. The fraction of sp³-hybridized carbons (Fsp3) is 0.429. The highest BCUT2D eigenvalue weighted by Crippen LogP contribution is 2.53. The SMILES string of the molecule is CC1(C)CC1C(=O)C(C#N)c1cccc(F)c1. The number of carbonyl (C=O) groups excluding carboxylic acids is 1. The minimum absolute atomic E-state index is 0.000488. The van der Waals surface area contributed by atoms with Crippen LogP contribution in [0.4, 0.5) is 4.39 Å². The van der Waals surface area contributed by atoms with E-state index in [-0.39, 0.29) is 17.1 Å². The number of ketones is 1. The van der Waals surface area contributed by atoms with E-state index in [1.54, 1.807) is 6.07 Å². The van der Waals surface area contributed by atoms with Gasteiger partial charge < -0.3 is 0 Å². The van der Waals surface area contributed by atoms with Gasteiger partial charge in [-0.1, -0.05) is 26.0 Å². The number of hydrogen-bond acceptors (Lipinski definition) is 2. The summed E-state index contributed by atoms with van der Waals surface area (Å²) in [5, 5.41) is 9.09. The van der Waals surface area contributed by atoms with E-state index in [4.69, 9.17) is 5.26 Å². The molecule has 0 radical (unpaired) electrons. The Morgan fingerprint density at radius 2 is 2.24 bits per heavy atom.